The summed E-state index contributed by atoms with van der Waals surface area (Å²) in [5.41, 5.74) is -0.587. The van der Waals surface area contributed by atoms with Crippen molar-refractivity contribution in [1.82, 2.24) is 9.71 Å². The lowest BCUT2D eigenvalue weighted by Gasteiger charge is -2.39. The summed E-state index contributed by atoms with van der Waals surface area (Å²) in [6, 6.07) is 12.3. The molecule has 0 aliphatic carbocycles. The molecule has 1 aliphatic heterocycles. The van der Waals surface area contributed by atoms with Crippen molar-refractivity contribution in [3.05, 3.63) is 60.4 Å². The summed E-state index contributed by atoms with van der Waals surface area (Å²) in [4.78, 5) is 3.93. The highest BCUT2D eigenvalue weighted by Gasteiger charge is 2.40. The Balaban J connectivity index is 1.85. The number of pyridine rings is 1. The van der Waals surface area contributed by atoms with Crippen LogP contribution in [0.2, 0.25) is 0 Å². The normalized spacial score (nSPS) is 18.6. The van der Waals surface area contributed by atoms with Crippen LogP contribution < -0.4 is 4.72 Å². The average Bonchev–Trinajstić information content (AvgIpc) is 2.68. The summed E-state index contributed by atoms with van der Waals surface area (Å²) < 4.78 is 33.0. The maximum absolute atomic E-state index is 12.5. The van der Waals surface area contributed by atoms with Crippen molar-refractivity contribution in [1.29, 1.82) is 0 Å². The molecule has 0 spiro atoms. The van der Waals surface area contributed by atoms with Crippen LogP contribution in [0.25, 0.3) is 0 Å². The van der Waals surface area contributed by atoms with Crippen molar-refractivity contribution < 1.29 is 18.3 Å². The summed E-state index contributed by atoms with van der Waals surface area (Å²) in [6.45, 7) is 1.03. The molecule has 1 atom stereocenters. The Kier molecular flexibility index (Phi) is 5.48. The molecule has 2 aromatic rings. The molecule has 0 radical (unpaired) electrons. The number of rotatable bonds is 6. The molecular formula is C18H22N2O4S. The largest absolute Gasteiger partial charge is 0.383 e. The van der Waals surface area contributed by atoms with Crippen LogP contribution in [0.1, 0.15) is 18.4 Å². The Morgan fingerprint density at radius 3 is 2.52 bits per heavy atom. The molecule has 2 N–H and O–H groups in total. The quantitative estimate of drug-likeness (QED) is 0.816. The fourth-order valence-electron chi connectivity index (χ4n) is 3.18. The van der Waals surface area contributed by atoms with Gasteiger partial charge in [-0.1, -0.05) is 30.3 Å². The van der Waals surface area contributed by atoms with E-state index in [1.165, 1.54) is 18.5 Å². The van der Waals surface area contributed by atoms with Gasteiger partial charge >= 0.3 is 0 Å². The van der Waals surface area contributed by atoms with E-state index in [0.29, 0.717) is 31.6 Å². The molecule has 0 saturated carbocycles. The molecule has 0 amide bonds. The molecule has 0 bridgehead atoms. The molecule has 134 valence electrons. The van der Waals surface area contributed by atoms with Crippen LogP contribution in [-0.4, -0.2) is 38.3 Å². The van der Waals surface area contributed by atoms with Gasteiger partial charge in [0.2, 0.25) is 10.0 Å². The number of benzene rings is 1. The molecule has 1 aromatic heterocycles. The van der Waals surface area contributed by atoms with Crippen molar-refractivity contribution in [2.45, 2.75) is 23.3 Å². The summed E-state index contributed by atoms with van der Waals surface area (Å²) in [5, 5.41) is 11.4. The zero-order chi connectivity index (χ0) is 17.8. The highest BCUT2D eigenvalue weighted by Crippen LogP contribution is 2.36. The van der Waals surface area contributed by atoms with Crippen LogP contribution in [0.15, 0.2) is 59.8 Å². The first-order valence-corrected chi connectivity index (χ1v) is 9.76. The van der Waals surface area contributed by atoms with E-state index >= 15 is 0 Å². The predicted octanol–water partition coefficient (Wildman–Crippen LogP) is 1.67. The van der Waals surface area contributed by atoms with E-state index in [0.717, 1.165) is 0 Å². The van der Waals surface area contributed by atoms with Crippen LogP contribution >= 0.6 is 0 Å². The van der Waals surface area contributed by atoms with E-state index < -0.39 is 15.6 Å². The van der Waals surface area contributed by atoms with Gasteiger partial charge in [-0.15, -0.1) is 0 Å². The number of hydrogen-bond acceptors (Lipinski definition) is 5. The zero-order valence-corrected chi connectivity index (χ0v) is 14.7. The number of aromatic nitrogens is 1. The maximum atomic E-state index is 12.5. The third kappa shape index (κ3) is 4.07. The second-order valence-corrected chi connectivity index (χ2v) is 7.96. The van der Waals surface area contributed by atoms with Crippen molar-refractivity contribution in [2.24, 2.45) is 5.92 Å². The zero-order valence-electron chi connectivity index (χ0n) is 13.8. The Morgan fingerprint density at radius 2 is 1.88 bits per heavy atom. The van der Waals surface area contributed by atoms with Gasteiger partial charge in [0.25, 0.3) is 0 Å². The fourth-order valence-corrected chi connectivity index (χ4v) is 4.21. The first-order chi connectivity index (χ1) is 12.0. The van der Waals surface area contributed by atoms with Crippen LogP contribution in [0.4, 0.5) is 0 Å². The molecule has 7 heteroatoms. The summed E-state index contributed by atoms with van der Waals surface area (Å²) >= 11 is 0. The number of hydrogen-bond donors (Lipinski definition) is 2. The summed E-state index contributed by atoms with van der Waals surface area (Å²) in [5.74, 6) is -0.0831. The summed E-state index contributed by atoms with van der Waals surface area (Å²) in [6.07, 6.45) is 4.17. The molecule has 1 aliphatic rings. The SMILES string of the molecule is O=S(=O)(NCC(O)(c1ccccc1)C1CCOCC1)c1cccnc1. The minimum absolute atomic E-state index is 0.0809. The van der Waals surface area contributed by atoms with Gasteiger partial charge < -0.3 is 9.84 Å². The van der Waals surface area contributed by atoms with Crippen LogP contribution in [0.5, 0.6) is 0 Å². The first-order valence-electron chi connectivity index (χ1n) is 8.28. The van der Waals surface area contributed by atoms with Gasteiger partial charge in [-0.25, -0.2) is 13.1 Å². The molecule has 1 fully saturated rings. The second kappa shape index (κ2) is 7.61. The van der Waals surface area contributed by atoms with E-state index in [2.05, 4.69) is 9.71 Å². The van der Waals surface area contributed by atoms with Crippen molar-refractivity contribution in [3.8, 4) is 0 Å². The van der Waals surface area contributed by atoms with Crippen molar-refractivity contribution in [2.75, 3.05) is 19.8 Å². The second-order valence-electron chi connectivity index (χ2n) is 6.19. The van der Waals surface area contributed by atoms with Crippen LogP contribution in [-0.2, 0) is 20.4 Å². The number of ether oxygens (including phenoxy) is 1. The lowest BCUT2D eigenvalue weighted by Crippen LogP contribution is -2.47. The maximum Gasteiger partial charge on any atom is 0.242 e. The number of nitrogens with zero attached hydrogens (tertiary/aromatic N) is 1. The number of aliphatic hydroxyl groups is 1. The van der Waals surface area contributed by atoms with E-state index in [1.807, 2.05) is 30.3 Å². The Morgan fingerprint density at radius 1 is 1.16 bits per heavy atom. The van der Waals surface area contributed by atoms with Gasteiger partial charge in [0, 0.05) is 32.2 Å². The standard InChI is InChI=1S/C18H22N2O4S/c21-18(15-5-2-1-3-6-15,16-8-11-24-12-9-16)14-20-25(22,23)17-7-4-10-19-13-17/h1-7,10,13,16,20-21H,8-9,11-12,14H2. The van der Waals surface area contributed by atoms with Crippen LogP contribution in [0, 0.1) is 5.92 Å². The summed E-state index contributed by atoms with van der Waals surface area (Å²) in [7, 11) is -3.74. The number of nitrogens with one attached hydrogen (secondary N) is 1. The van der Waals surface area contributed by atoms with E-state index in [4.69, 9.17) is 4.74 Å². The molecule has 25 heavy (non-hydrogen) atoms. The Hall–Kier alpha value is -1.80. The fraction of sp³-hybridized carbons (Fsp3) is 0.389. The molecule has 1 aromatic carbocycles. The minimum Gasteiger partial charge on any atom is -0.383 e. The van der Waals surface area contributed by atoms with E-state index in [1.54, 1.807) is 6.07 Å². The van der Waals surface area contributed by atoms with Gasteiger partial charge in [0.15, 0.2) is 0 Å². The Labute approximate surface area is 147 Å². The average molecular weight is 362 g/mol. The van der Waals surface area contributed by atoms with Gasteiger partial charge in [0.05, 0.1) is 0 Å². The molecule has 6 nitrogen and oxygen atoms in total. The van der Waals surface area contributed by atoms with E-state index in [-0.39, 0.29) is 17.4 Å². The lowest BCUT2D eigenvalue weighted by molar-refractivity contribution is -0.0663. The third-order valence-corrected chi connectivity index (χ3v) is 6.03. The predicted molar refractivity (Wildman–Crippen MR) is 93.3 cm³/mol. The van der Waals surface area contributed by atoms with Gasteiger partial charge in [-0.3, -0.25) is 4.98 Å². The molecule has 1 saturated heterocycles. The van der Waals surface area contributed by atoms with E-state index in [9.17, 15) is 13.5 Å². The first kappa shape index (κ1) is 18.0. The molecule has 3 rings (SSSR count). The van der Waals surface area contributed by atoms with Gasteiger partial charge in [0.1, 0.15) is 10.5 Å². The van der Waals surface area contributed by atoms with Crippen LogP contribution in [0.3, 0.4) is 0 Å². The number of sulfonamides is 1. The highest BCUT2D eigenvalue weighted by molar-refractivity contribution is 7.89. The molecule has 1 unspecified atom stereocenters. The van der Waals surface area contributed by atoms with Crippen molar-refractivity contribution >= 4 is 10.0 Å². The topological polar surface area (TPSA) is 88.5 Å². The smallest absolute Gasteiger partial charge is 0.242 e. The minimum atomic E-state index is -3.74. The third-order valence-electron chi connectivity index (χ3n) is 4.65. The monoisotopic (exact) mass is 362 g/mol. The lowest BCUT2D eigenvalue weighted by atomic mass is 9.77. The highest BCUT2D eigenvalue weighted by atomic mass is 32.2. The van der Waals surface area contributed by atoms with Gasteiger partial charge in [-0.05, 0) is 36.5 Å². The molecule has 2 heterocycles. The Bertz CT molecular complexity index is 777. The van der Waals surface area contributed by atoms with Gasteiger partial charge in [-0.2, -0.15) is 0 Å². The van der Waals surface area contributed by atoms with Crippen molar-refractivity contribution in [3.63, 3.8) is 0 Å². The molecular weight excluding hydrogens is 340 g/mol.